The monoisotopic (exact) mass is 217 g/mol. The first-order valence-corrected chi connectivity index (χ1v) is 5.60. The maximum absolute atomic E-state index is 4.96. The molecule has 0 amide bonds. The lowest BCUT2D eigenvalue weighted by molar-refractivity contribution is 0.267. The Morgan fingerprint density at radius 1 is 1.44 bits per heavy atom. The molecule has 0 saturated carbocycles. The van der Waals surface area contributed by atoms with Crippen LogP contribution in [-0.4, -0.2) is 5.71 Å². The van der Waals surface area contributed by atoms with Gasteiger partial charge < -0.3 is 4.84 Å². The third-order valence-electron chi connectivity index (χ3n) is 2.65. The van der Waals surface area contributed by atoms with Crippen molar-refractivity contribution in [1.29, 1.82) is 0 Å². The molecule has 1 aromatic rings. The minimum Gasteiger partial charge on any atom is -0.365 e. The molecule has 0 aromatic heterocycles. The highest BCUT2D eigenvalue weighted by molar-refractivity contribution is 6.01. The molecule has 0 fully saturated rings. The Morgan fingerprint density at radius 2 is 2.06 bits per heavy atom. The maximum Gasteiger partial charge on any atom is 0.114 e. The Kier molecular flexibility index (Phi) is 4.77. The maximum atomic E-state index is 4.96. The highest BCUT2D eigenvalue weighted by Gasteiger charge is 2.11. The number of oxime groups is 1. The fourth-order valence-corrected chi connectivity index (χ4v) is 1.44. The summed E-state index contributed by atoms with van der Waals surface area (Å²) in [4.78, 5) is 4.96. The summed E-state index contributed by atoms with van der Waals surface area (Å²) >= 11 is 0. The normalized spacial score (nSPS) is 13.3. The quantitative estimate of drug-likeness (QED) is 0.416. The van der Waals surface area contributed by atoms with E-state index < -0.39 is 0 Å². The second-order valence-electron chi connectivity index (χ2n) is 3.92. The predicted octanol–water partition coefficient (Wildman–Crippen LogP) is 3.91. The second kappa shape index (κ2) is 6.11. The van der Waals surface area contributed by atoms with Crippen LogP contribution in [0, 0.1) is 12.8 Å². The molecule has 0 bridgehead atoms. The molecule has 1 aromatic carbocycles. The number of nitrogens with zero attached hydrogens (tertiary/aromatic N) is 1. The van der Waals surface area contributed by atoms with E-state index in [-0.39, 0.29) is 0 Å². The van der Waals surface area contributed by atoms with Gasteiger partial charge in [-0.2, -0.15) is 0 Å². The number of aryl methyl sites for hydroxylation is 1. The van der Waals surface area contributed by atoms with Gasteiger partial charge in [0.2, 0.25) is 0 Å². The molecule has 1 atom stereocenters. The Hall–Kier alpha value is -1.57. The zero-order valence-electron chi connectivity index (χ0n) is 10.2. The predicted molar refractivity (Wildman–Crippen MR) is 68.5 cm³/mol. The minimum absolute atomic E-state index is 0.377. The number of hydrogen-bond donors (Lipinski definition) is 0. The van der Waals surface area contributed by atoms with Crippen LogP contribution in [-0.2, 0) is 4.84 Å². The van der Waals surface area contributed by atoms with Crippen LogP contribution in [0.25, 0.3) is 0 Å². The third kappa shape index (κ3) is 3.23. The van der Waals surface area contributed by atoms with Crippen LogP contribution in [0.15, 0.2) is 42.3 Å². The Bertz CT molecular complexity index is 365. The van der Waals surface area contributed by atoms with Crippen LogP contribution in [0.1, 0.15) is 31.4 Å². The molecule has 0 aliphatic carbocycles. The van der Waals surface area contributed by atoms with Crippen LogP contribution in [0.4, 0.5) is 0 Å². The molecule has 0 aliphatic rings. The number of rotatable bonds is 5. The van der Waals surface area contributed by atoms with Crippen molar-refractivity contribution in [3.8, 4) is 0 Å². The fraction of sp³-hybridized carbons (Fsp3) is 0.357. The van der Waals surface area contributed by atoms with E-state index in [1.807, 2.05) is 0 Å². The molecular weight excluding hydrogens is 198 g/mol. The van der Waals surface area contributed by atoms with Gasteiger partial charge in [0.25, 0.3) is 0 Å². The van der Waals surface area contributed by atoms with E-state index in [1.165, 1.54) is 11.8 Å². The van der Waals surface area contributed by atoms with Crippen molar-refractivity contribution in [2.75, 3.05) is 0 Å². The third-order valence-corrected chi connectivity index (χ3v) is 2.65. The zero-order valence-corrected chi connectivity index (χ0v) is 10.2. The van der Waals surface area contributed by atoms with Crippen LogP contribution >= 0.6 is 0 Å². The molecular formula is C14H19NO. The molecule has 1 unspecified atom stereocenters. The summed E-state index contributed by atoms with van der Waals surface area (Å²) in [5.41, 5.74) is 3.33. The molecule has 0 radical (unpaired) electrons. The smallest absolute Gasteiger partial charge is 0.114 e. The largest absolute Gasteiger partial charge is 0.365 e. The molecule has 1 rings (SSSR count). The highest BCUT2D eigenvalue weighted by atomic mass is 16.6. The fourth-order valence-electron chi connectivity index (χ4n) is 1.44. The van der Waals surface area contributed by atoms with E-state index in [0.29, 0.717) is 5.92 Å². The van der Waals surface area contributed by atoms with E-state index in [4.69, 9.17) is 4.84 Å². The lowest BCUT2D eigenvalue weighted by atomic mass is 9.96. The van der Waals surface area contributed by atoms with Gasteiger partial charge >= 0.3 is 0 Å². The number of hydrogen-bond acceptors (Lipinski definition) is 2. The second-order valence-corrected chi connectivity index (χ2v) is 3.92. The SMILES string of the molecule is C=CO/N=C(/c1ccc(C)cc1)C(C)CC. The summed E-state index contributed by atoms with van der Waals surface area (Å²) < 4.78 is 0. The van der Waals surface area contributed by atoms with Crippen molar-refractivity contribution in [2.45, 2.75) is 27.2 Å². The summed E-state index contributed by atoms with van der Waals surface area (Å²) in [5, 5.41) is 4.11. The van der Waals surface area contributed by atoms with Gasteiger partial charge in [-0.05, 0) is 18.9 Å². The van der Waals surface area contributed by atoms with E-state index in [9.17, 15) is 0 Å². The van der Waals surface area contributed by atoms with Gasteiger partial charge in [0.15, 0.2) is 0 Å². The van der Waals surface area contributed by atoms with Gasteiger partial charge in [-0.3, -0.25) is 0 Å². The average Bonchev–Trinajstić information content (AvgIpc) is 2.31. The first-order chi connectivity index (χ1) is 7.69. The van der Waals surface area contributed by atoms with Crippen LogP contribution < -0.4 is 0 Å². The summed E-state index contributed by atoms with van der Waals surface area (Å²) in [5.74, 6) is 0.377. The Labute approximate surface area is 97.6 Å². The molecule has 86 valence electrons. The average molecular weight is 217 g/mol. The molecule has 0 heterocycles. The van der Waals surface area contributed by atoms with Crippen LogP contribution in [0.5, 0.6) is 0 Å². The van der Waals surface area contributed by atoms with Gasteiger partial charge in [0, 0.05) is 5.92 Å². The molecule has 2 heteroatoms. The van der Waals surface area contributed by atoms with Crippen molar-refractivity contribution in [1.82, 2.24) is 0 Å². The standard InChI is InChI=1S/C14H19NO/c1-5-12(4)14(15-16-6-2)13-9-7-11(3)8-10-13/h6-10,12H,2,5H2,1,3-4H3/b15-14+. The van der Waals surface area contributed by atoms with Crippen molar-refractivity contribution in [3.63, 3.8) is 0 Å². The van der Waals surface area contributed by atoms with E-state index in [2.05, 4.69) is 56.8 Å². The molecule has 0 saturated heterocycles. The van der Waals surface area contributed by atoms with Crippen molar-refractivity contribution >= 4 is 5.71 Å². The molecule has 0 N–H and O–H groups in total. The summed E-state index contributed by atoms with van der Waals surface area (Å²) in [6, 6.07) is 8.32. The Morgan fingerprint density at radius 3 is 2.56 bits per heavy atom. The minimum atomic E-state index is 0.377. The van der Waals surface area contributed by atoms with E-state index in [1.54, 1.807) is 0 Å². The molecule has 16 heavy (non-hydrogen) atoms. The van der Waals surface area contributed by atoms with Gasteiger partial charge in [0.1, 0.15) is 6.26 Å². The first kappa shape index (κ1) is 12.5. The summed E-state index contributed by atoms with van der Waals surface area (Å²) in [7, 11) is 0. The topological polar surface area (TPSA) is 21.6 Å². The van der Waals surface area contributed by atoms with Gasteiger partial charge in [-0.15, -0.1) is 0 Å². The van der Waals surface area contributed by atoms with E-state index >= 15 is 0 Å². The molecule has 0 aliphatic heterocycles. The van der Waals surface area contributed by atoms with Gasteiger partial charge in [-0.1, -0.05) is 55.4 Å². The number of benzene rings is 1. The van der Waals surface area contributed by atoms with Crippen molar-refractivity contribution in [2.24, 2.45) is 11.1 Å². The van der Waals surface area contributed by atoms with Crippen molar-refractivity contribution in [3.05, 3.63) is 48.2 Å². The highest BCUT2D eigenvalue weighted by Crippen LogP contribution is 2.14. The van der Waals surface area contributed by atoms with Gasteiger partial charge in [0.05, 0.1) is 5.71 Å². The Balaban J connectivity index is 3.00. The summed E-state index contributed by atoms with van der Waals surface area (Å²) in [6.45, 7) is 9.85. The summed E-state index contributed by atoms with van der Waals surface area (Å²) in [6.07, 6.45) is 2.38. The first-order valence-electron chi connectivity index (χ1n) is 5.60. The van der Waals surface area contributed by atoms with E-state index in [0.717, 1.165) is 17.7 Å². The lowest BCUT2D eigenvalue weighted by Crippen LogP contribution is -2.12. The zero-order chi connectivity index (χ0) is 12.0. The van der Waals surface area contributed by atoms with Crippen LogP contribution in [0.3, 0.4) is 0 Å². The van der Waals surface area contributed by atoms with Crippen LogP contribution in [0.2, 0.25) is 0 Å². The van der Waals surface area contributed by atoms with Gasteiger partial charge in [-0.25, -0.2) is 0 Å². The molecule has 2 nitrogen and oxygen atoms in total. The van der Waals surface area contributed by atoms with Crippen molar-refractivity contribution < 1.29 is 4.84 Å². The lowest BCUT2D eigenvalue weighted by Gasteiger charge is -2.12. The molecule has 0 spiro atoms.